The molecule has 0 aliphatic heterocycles. The molecular weight excluding hydrogens is 260 g/mol. The van der Waals surface area contributed by atoms with Gasteiger partial charge in [0, 0.05) is 18.8 Å². The van der Waals surface area contributed by atoms with Gasteiger partial charge in [-0.25, -0.2) is 8.42 Å². The van der Waals surface area contributed by atoms with E-state index in [1.807, 2.05) is 26.2 Å². The van der Waals surface area contributed by atoms with Crippen LogP contribution in [-0.2, 0) is 9.84 Å². The molecule has 1 N–H and O–H groups in total. The van der Waals surface area contributed by atoms with Gasteiger partial charge in [0.1, 0.15) is 0 Å². The van der Waals surface area contributed by atoms with E-state index in [4.69, 9.17) is 0 Å². The average Bonchev–Trinajstić information content (AvgIpc) is 2.26. The molecule has 0 aliphatic rings. The molecular formula is C14H24N2O2S. The summed E-state index contributed by atoms with van der Waals surface area (Å²) >= 11 is 0. The van der Waals surface area contributed by atoms with Crippen molar-refractivity contribution in [2.24, 2.45) is 5.92 Å². The van der Waals surface area contributed by atoms with Gasteiger partial charge in [-0.3, -0.25) is 0 Å². The summed E-state index contributed by atoms with van der Waals surface area (Å²) in [6.07, 6.45) is 1.24. The summed E-state index contributed by atoms with van der Waals surface area (Å²) in [4.78, 5) is 2.46. The van der Waals surface area contributed by atoms with E-state index in [1.165, 1.54) is 6.26 Å². The highest BCUT2D eigenvalue weighted by Gasteiger charge is 2.18. The van der Waals surface area contributed by atoms with Crippen LogP contribution in [-0.4, -0.2) is 46.3 Å². The number of likely N-dealkylation sites (N-methyl/N-ethyl adjacent to an activating group) is 1. The Hall–Kier alpha value is -1.07. The van der Waals surface area contributed by atoms with Crippen molar-refractivity contribution < 1.29 is 8.42 Å². The van der Waals surface area contributed by atoms with Crippen molar-refractivity contribution in [2.75, 3.05) is 32.2 Å². The molecule has 0 spiro atoms. The van der Waals surface area contributed by atoms with Gasteiger partial charge in [0.25, 0.3) is 0 Å². The largest absolute Gasteiger partial charge is 0.380 e. The zero-order valence-corrected chi connectivity index (χ0v) is 13.2. The van der Waals surface area contributed by atoms with E-state index < -0.39 is 9.84 Å². The van der Waals surface area contributed by atoms with Gasteiger partial charge in [0.05, 0.1) is 10.6 Å². The Morgan fingerprint density at radius 1 is 1.21 bits per heavy atom. The molecule has 0 amide bonds. The van der Waals surface area contributed by atoms with Gasteiger partial charge >= 0.3 is 0 Å². The van der Waals surface area contributed by atoms with Crippen molar-refractivity contribution in [3.8, 4) is 0 Å². The lowest BCUT2D eigenvalue weighted by Crippen LogP contribution is -2.36. The third-order valence-corrected chi connectivity index (χ3v) is 4.15. The molecule has 0 fully saturated rings. The van der Waals surface area contributed by atoms with Crippen molar-refractivity contribution in [1.29, 1.82) is 0 Å². The number of sulfone groups is 1. The van der Waals surface area contributed by atoms with E-state index in [9.17, 15) is 8.42 Å². The maximum absolute atomic E-state index is 11.8. The number of nitrogens with zero attached hydrogens (tertiary/aromatic N) is 1. The Kier molecular flexibility index (Phi) is 5.38. The minimum absolute atomic E-state index is 0.206. The van der Waals surface area contributed by atoms with Gasteiger partial charge in [-0.15, -0.1) is 0 Å². The van der Waals surface area contributed by atoms with Gasteiger partial charge in [-0.05, 0) is 32.1 Å². The van der Waals surface area contributed by atoms with Gasteiger partial charge in [0.2, 0.25) is 0 Å². The minimum atomic E-state index is -3.21. The number of para-hydroxylation sites is 1. The summed E-state index contributed by atoms with van der Waals surface area (Å²) < 4.78 is 23.6. The lowest BCUT2D eigenvalue weighted by Gasteiger charge is -2.27. The second-order valence-corrected chi connectivity index (χ2v) is 7.51. The molecule has 4 nitrogen and oxygen atoms in total. The van der Waals surface area contributed by atoms with Crippen LogP contribution in [0.1, 0.15) is 13.8 Å². The predicted molar refractivity (Wildman–Crippen MR) is 80.4 cm³/mol. The van der Waals surface area contributed by atoms with E-state index in [0.29, 0.717) is 16.5 Å². The molecule has 0 aromatic heterocycles. The lowest BCUT2D eigenvalue weighted by atomic mass is 10.0. The molecule has 1 unspecified atom stereocenters. The van der Waals surface area contributed by atoms with Gasteiger partial charge in [-0.1, -0.05) is 26.0 Å². The van der Waals surface area contributed by atoms with Crippen molar-refractivity contribution in [3.63, 3.8) is 0 Å². The van der Waals surface area contributed by atoms with E-state index >= 15 is 0 Å². The Balaban J connectivity index is 3.03. The third-order valence-electron chi connectivity index (χ3n) is 2.99. The fraction of sp³-hybridized carbons (Fsp3) is 0.571. The van der Waals surface area contributed by atoms with Crippen LogP contribution >= 0.6 is 0 Å². The Labute approximate surface area is 116 Å². The van der Waals surface area contributed by atoms with Crippen LogP contribution in [0.2, 0.25) is 0 Å². The molecule has 0 bridgehead atoms. The molecule has 1 aromatic rings. The second kappa shape index (κ2) is 6.39. The summed E-state index contributed by atoms with van der Waals surface area (Å²) in [5.41, 5.74) is 0.686. The summed E-state index contributed by atoms with van der Waals surface area (Å²) in [5, 5.41) is 3.36. The van der Waals surface area contributed by atoms with Crippen LogP contribution in [0, 0.1) is 5.92 Å². The Morgan fingerprint density at radius 2 is 1.79 bits per heavy atom. The van der Waals surface area contributed by atoms with E-state index in [0.717, 1.165) is 6.54 Å². The fourth-order valence-electron chi connectivity index (χ4n) is 1.93. The van der Waals surface area contributed by atoms with Gasteiger partial charge in [0.15, 0.2) is 9.84 Å². The first-order valence-corrected chi connectivity index (χ1v) is 8.31. The molecule has 0 aliphatic carbocycles. The zero-order chi connectivity index (χ0) is 14.6. The first-order chi connectivity index (χ1) is 8.71. The SMILES string of the molecule is CC(C)C(CN(C)C)Nc1ccccc1S(C)(=O)=O. The second-order valence-electron chi connectivity index (χ2n) is 5.53. The highest BCUT2D eigenvalue weighted by molar-refractivity contribution is 7.90. The first-order valence-electron chi connectivity index (χ1n) is 6.42. The van der Waals surface area contributed by atoms with E-state index in [2.05, 4.69) is 24.1 Å². The minimum Gasteiger partial charge on any atom is -0.380 e. The lowest BCUT2D eigenvalue weighted by molar-refractivity contribution is 0.344. The van der Waals surface area contributed by atoms with Gasteiger partial charge in [-0.2, -0.15) is 0 Å². The Morgan fingerprint density at radius 3 is 2.26 bits per heavy atom. The number of hydrogen-bond donors (Lipinski definition) is 1. The molecule has 108 valence electrons. The standard InChI is InChI=1S/C14H24N2O2S/c1-11(2)13(10-16(3)4)15-12-8-6-7-9-14(12)19(5,17)18/h6-9,11,13,15H,10H2,1-5H3. The summed E-state index contributed by atoms with van der Waals surface area (Å²) in [6, 6.07) is 7.27. The molecule has 5 heteroatoms. The summed E-state index contributed by atoms with van der Waals surface area (Å²) in [7, 11) is 0.817. The maximum atomic E-state index is 11.8. The first kappa shape index (κ1) is 16.0. The van der Waals surface area contributed by atoms with Crippen LogP contribution in [0.5, 0.6) is 0 Å². The number of benzene rings is 1. The molecule has 1 rings (SSSR count). The fourth-order valence-corrected chi connectivity index (χ4v) is 2.78. The predicted octanol–water partition coefficient (Wildman–Crippen LogP) is 2.09. The zero-order valence-electron chi connectivity index (χ0n) is 12.3. The molecule has 0 heterocycles. The molecule has 0 radical (unpaired) electrons. The summed E-state index contributed by atoms with van der Waals surface area (Å²) in [6.45, 7) is 5.12. The molecule has 1 atom stereocenters. The monoisotopic (exact) mass is 284 g/mol. The molecule has 0 saturated carbocycles. The summed E-state index contributed by atoms with van der Waals surface area (Å²) in [5.74, 6) is 0.412. The highest BCUT2D eigenvalue weighted by atomic mass is 32.2. The van der Waals surface area contributed by atoms with Crippen molar-refractivity contribution in [2.45, 2.75) is 24.8 Å². The van der Waals surface area contributed by atoms with Crippen LogP contribution in [0.3, 0.4) is 0 Å². The topological polar surface area (TPSA) is 49.4 Å². The third kappa shape index (κ3) is 4.84. The quantitative estimate of drug-likeness (QED) is 0.869. The average molecular weight is 284 g/mol. The van der Waals surface area contributed by atoms with E-state index in [1.54, 1.807) is 12.1 Å². The van der Waals surface area contributed by atoms with Crippen LogP contribution in [0.25, 0.3) is 0 Å². The number of anilines is 1. The molecule has 19 heavy (non-hydrogen) atoms. The van der Waals surface area contributed by atoms with Crippen LogP contribution in [0.4, 0.5) is 5.69 Å². The Bertz CT molecular complexity index is 510. The van der Waals surface area contributed by atoms with Crippen LogP contribution in [0.15, 0.2) is 29.2 Å². The number of nitrogens with one attached hydrogen (secondary N) is 1. The number of hydrogen-bond acceptors (Lipinski definition) is 4. The van der Waals surface area contributed by atoms with Crippen molar-refractivity contribution in [1.82, 2.24) is 4.90 Å². The van der Waals surface area contributed by atoms with E-state index in [-0.39, 0.29) is 6.04 Å². The van der Waals surface area contributed by atoms with Crippen LogP contribution < -0.4 is 5.32 Å². The van der Waals surface area contributed by atoms with Gasteiger partial charge < -0.3 is 10.2 Å². The maximum Gasteiger partial charge on any atom is 0.177 e. The number of rotatable bonds is 6. The molecule has 1 aromatic carbocycles. The smallest absolute Gasteiger partial charge is 0.177 e. The highest BCUT2D eigenvalue weighted by Crippen LogP contribution is 2.22. The normalized spacial score (nSPS) is 13.8. The van der Waals surface area contributed by atoms with Crippen molar-refractivity contribution >= 4 is 15.5 Å². The molecule has 0 saturated heterocycles. The van der Waals surface area contributed by atoms with Crippen molar-refractivity contribution in [3.05, 3.63) is 24.3 Å².